The normalized spacial score (nSPS) is 13.3. The molecule has 0 saturated heterocycles. The molecule has 0 fully saturated rings. The summed E-state index contributed by atoms with van der Waals surface area (Å²) in [4.78, 5) is 25.0. The highest BCUT2D eigenvalue weighted by molar-refractivity contribution is 6.01. The van der Waals surface area contributed by atoms with Crippen molar-refractivity contribution in [2.45, 2.75) is 19.8 Å². The summed E-state index contributed by atoms with van der Waals surface area (Å²) in [7, 11) is 0. The minimum absolute atomic E-state index is 0.0944. The Morgan fingerprint density at radius 1 is 1.26 bits per heavy atom. The minimum atomic E-state index is -0.179. The van der Waals surface area contributed by atoms with Crippen LogP contribution in [0.2, 0.25) is 0 Å². The van der Waals surface area contributed by atoms with Crippen LogP contribution in [0.25, 0.3) is 0 Å². The van der Waals surface area contributed by atoms with E-state index in [0.29, 0.717) is 26.1 Å². The standard InChI is InChI=1S/C14H19N3O2/c1-2-7-15-14(19)16-8-9-17-12-6-4-3-5-11(12)10-13(17)18/h3-6H,2,7-10H2,1H3,(H2,15,16,19). The van der Waals surface area contributed by atoms with Crippen molar-refractivity contribution >= 4 is 17.6 Å². The summed E-state index contributed by atoms with van der Waals surface area (Å²) < 4.78 is 0. The summed E-state index contributed by atoms with van der Waals surface area (Å²) in [6.07, 6.45) is 1.36. The average Bonchev–Trinajstić information content (AvgIpc) is 2.73. The largest absolute Gasteiger partial charge is 0.338 e. The molecule has 102 valence electrons. The van der Waals surface area contributed by atoms with E-state index in [9.17, 15) is 9.59 Å². The molecule has 1 heterocycles. The number of nitrogens with one attached hydrogen (secondary N) is 2. The minimum Gasteiger partial charge on any atom is -0.338 e. The summed E-state index contributed by atoms with van der Waals surface area (Å²) in [6, 6.07) is 7.59. The van der Waals surface area contributed by atoms with E-state index in [-0.39, 0.29) is 11.9 Å². The Morgan fingerprint density at radius 2 is 2.00 bits per heavy atom. The third-order valence-corrected chi connectivity index (χ3v) is 3.08. The fourth-order valence-electron chi connectivity index (χ4n) is 2.14. The number of urea groups is 1. The topological polar surface area (TPSA) is 61.4 Å². The molecular formula is C14H19N3O2. The summed E-state index contributed by atoms with van der Waals surface area (Å²) >= 11 is 0. The predicted molar refractivity (Wildman–Crippen MR) is 74.2 cm³/mol. The second kappa shape index (κ2) is 6.22. The molecule has 2 rings (SSSR count). The molecule has 0 unspecified atom stereocenters. The van der Waals surface area contributed by atoms with Gasteiger partial charge in [-0.25, -0.2) is 4.79 Å². The van der Waals surface area contributed by atoms with Crippen LogP contribution in [0.1, 0.15) is 18.9 Å². The number of carbonyl (C=O) groups is 2. The summed E-state index contributed by atoms with van der Waals surface area (Å²) in [5, 5.41) is 5.49. The van der Waals surface area contributed by atoms with Gasteiger partial charge < -0.3 is 15.5 Å². The van der Waals surface area contributed by atoms with Gasteiger partial charge in [-0.05, 0) is 18.1 Å². The first-order chi connectivity index (χ1) is 9.22. The Kier molecular flexibility index (Phi) is 4.39. The van der Waals surface area contributed by atoms with Gasteiger partial charge in [0.2, 0.25) is 5.91 Å². The van der Waals surface area contributed by atoms with E-state index in [1.807, 2.05) is 31.2 Å². The van der Waals surface area contributed by atoms with Gasteiger partial charge in [0.15, 0.2) is 0 Å². The van der Waals surface area contributed by atoms with Crippen LogP contribution in [0.5, 0.6) is 0 Å². The fourth-order valence-corrected chi connectivity index (χ4v) is 2.14. The maximum atomic E-state index is 11.9. The molecule has 1 aliphatic rings. The molecule has 0 spiro atoms. The monoisotopic (exact) mass is 261 g/mol. The van der Waals surface area contributed by atoms with Crippen LogP contribution in [-0.4, -0.2) is 31.6 Å². The first-order valence-electron chi connectivity index (χ1n) is 6.62. The van der Waals surface area contributed by atoms with Crippen molar-refractivity contribution in [3.05, 3.63) is 29.8 Å². The molecule has 0 aliphatic carbocycles. The summed E-state index contributed by atoms with van der Waals surface area (Å²) in [5.74, 6) is 0.0944. The van der Waals surface area contributed by atoms with Crippen LogP contribution >= 0.6 is 0 Å². The van der Waals surface area contributed by atoms with Crippen molar-refractivity contribution in [2.24, 2.45) is 0 Å². The smallest absolute Gasteiger partial charge is 0.314 e. The molecule has 2 N–H and O–H groups in total. The molecule has 0 radical (unpaired) electrons. The molecule has 5 nitrogen and oxygen atoms in total. The molecule has 0 atom stereocenters. The summed E-state index contributed by atoms with van der Waals surface area (Å²) in [5.41, 5.74) is 2.02. The summed E-state index contributed by atoms with van der Waals surface area (Å²) in [6.45, 7) is 3.63. The van der Waals surface area contributed by atoms with Crippen molar-refractivity contribution in [2.75, 3.05) is 24.5 Å². The van der Waals surface area contributed by atoms with E-state index < -0.39 is 0 Å². The van der Waals surface area contributed by atoms with Gasteiger partial charge in [0.1, 0.15) is 0 Å². The number of fused-ring (bicyclic) bond motifs is 1. The van der Waals surface area contributed by atoms with Gasteiger partial charge in [-0.1, -0.05) is 25.1 Å². The van der Waals surface area contributed by atoms with Crippen LogP contribution in [-0.2, 0) is 11.2 Å². The lowest BCUT2D eigenvalue weighted by molar-refractivity contribution is -0.117. The highest BCUT2D eigenvalue weighted by atomic mass is 16.2. The Bertz CT molecular complexity index is 474. The van der Waals surface area contributed by atoms with E-state index in [0.717, 1.165) is 17.7 Å². The number of amides is 3. The molecule has 19 heavy (non-hydrogen) atoms. The molecule has 5 heteroatoms. The zero-order chi connectivity index (χ0) is 13.7. The number of anilines is 1. The fraction of sp³-hybridized carbons (Fsp3) is 0.429. The van der Waals surface area contributed by atoms with Gasteiger partial charge in [-0.15, -0.1) is 0 Å². The van der Waals surface area contributed by atoms with E-state index in [4.69, 9.17) is 0 Å². The SMILES string of the molecule is CCCNC(=O)NCCN1C(=O)Cc2ccccc21. The van der Waals surface area contributed by atoms with Gasteiger partial charge in [0, 0.05) is 25.3 Å². The maximum absolute atomic E-state index is 11.9. The highest BCUT2D eigenvalue weighted by Gasteiger charge is 2.26. The van der Waals surface area contributed by atoms with Crippen molar-refractivity contribution < 1.29 is 9.59 Å². The highest BCUT2D eigenvalue weighted by Crippen LogP contribution is 2.27. The quantitative estimate of drug-likeness (QED) is 0.839. The van der Waals surface area contributed by atoms with Crippen molar-refractivity contribution in [3.63, 3.8) is 0 Å². The van der Waals surface area contributed by atoms with E-state index >= 15 is 0 Å². The van der Waals surface area contributed by atoms with Gasteiger partial charge in [0.05, 0.1) is 6.42 Å². The molecule has 1 aromatic rings. The lowest BCUT2D eigenvalue weighted by atomic mass is 10.2. The van der Waals surface area contributed by atoms with Crippen LogP contribution in [0.4, 0.5) is 10.5 Å². The number of carbonyl (C=O) groups excluding carboxylic acids is 2. The molecular weight excluding hydrogens is 242 g/mol. The molecule has 0 aromatic heterocycles. The first kappa shape index (κ1) is 13.4. The molecule has 1 aliphatic heterocycles. The number of nitrogens with zero attached hydrogens (tertiary/aromatic N) is 1. The molecule has 1 aromatic carbocycles. The zero-order valence-corrected chi connectivity index (χ0v) is 11.1. The third kappa shape index (κ3) is 3.24. The van der Waals surface area contributed by atoms with Gasteiger partial charge in [-0.2, -0.15) is 0 Å². The molecule has 3 amide bonds. The number of para-hydroxylation sites is 1. The molecule has 0 saturated carbocycles. The number of hydrogen-bond acceptors (Lipinski definition) is 2. The van der Waals surface area contributed by atoms with Gasteiger partial charge in [0.25, 0.3) is 0 Å². The second-order valence-electron chi connectivity index (χ2n) is 4.53. The lowest BCUT2D eigenvalue weighted by Gasteiger charge is -2.17. The number of benzene rings is 1. The van der Waals surface area contributed by atoms with Crippen LogP contribution in [0.3, 0.4) is 0 Å². The first-order valence-corrected chi connectivity index (χ1v) is 6.62. The van der Waals surface area contributed by atoms with E-state index in [2.05, 4.69) is 10.6 Å². The average molecular weight is 261 g/mol. The second-order valence-corrected chi connectivity index (χ2v) is 4.53. The third-order valence-electron chi connectivity index (χ3n) is 3.08. The van der Waals surface area contributed by atoms with Crippen LogP contribution in [0.15, 0.2) is 24.3 Å². The van der Waals surface area contributed by atoms with Crippen molar-refractivity contribution in [1.29, 1.82) is 0 Å². The Labute approximate surface area is 113 Å². The maximum Gasteiger partial charge on any atom is 0.314 e. The Morgan fingerprint density at radius 3 is 2.79 bits per heavy atom. The number of hydrogen-bond donors (Lipinski definition) is 2. The van der Waals surface area contributed by atoms with E-state index in [1.54, 1.807) is 4.90 Å². The van der Waals surface area contributed by atoms with Gasteiger partial charge >= 0.3 is 6.03 Å². The predicted octanol–water partition coefficient (Wildman–Crippen LogP) is 1.28. The van der Waals surface area contributed by atoms with Crippen molar-refractivity contribution in [1.82, 2.24) is 10.6 Å². The molecule has 0 bridgehead atoms. The van der Waals surface area contributed by atoms with Crippen molar-refractivity contribution in [3.8, 4) is 0 Å². The lowest BCUT2D eigenvalue weighted by Crippen LogP contribution is -2.41. The Hall–Kier alpha value is -2.04. The van der Waals surface area contributed by atoms with Crippen LogP contribution in [0, 0.1) is 0 Å². The van der Waals surface area contributed by atoms with E-state index in [1.165, 1.54) is 0 Å². The zero-order valence-electron chi connectivity index (χ0n) is 11.1. The van der Waals surface area contributed by atoms with Gasteiger partial charge in [-0.3, -0.25) is 4.79 Å². The number of rotatable bonds is 5. The Balaban J connectivity index is 1.83. The van der Waals surface area contributed by atoms with Crippen LogP contribution < -0.4 is 15.5 Å².